The van der Waals surface area contributed by atoms with Crippen LogP contribution in [0.15, 0.2) is 57.7 Å². The van der Waals surface area contributed by atoms with E-state index < -0.39 is 0 Å². The van der Waals surface area contributed by atoms with Crippen LogP contribution in [0.5, 0.6) is 0 Å². The van der Waals surface area contributed by atoms with Gasteiger partial charge in [-0.05, 0) is 24.3 Å². The molecule has 5 heteroatoms. The number of nitrogens with zero attached hydrogens (tertiary/aromatic N) is 1. The largest absolute Gasteiger partial charge is 0.439 e. The number of rotatable bonds is 3. The second kappa shape index (κ2) is 5.66. The highest BCUT2D eigenvalue weighted by atomic mass is 35.5. The van der Waals surface area contributed by atoms with E-state index in [0.29, 0.717) is 22.3 Å². The van der Waals surface area contributed by atoms with Gasteiger partial charge in [-0.25, -0.2) is 0 Å². The molecule has 0 atom stereocenters. The summed E-state index contributed by atoms with van der Waals surface area (Å²) in [5.74, 6) is 0.195. The lowest BCUT2D eigenvalue weighted by molar-refractivity contribution is 0.112. The van der Waals surface area contributed by atoms with Crippen molar-refractivity contribution in [2.75, 3.05) is 11.9 Å². The van der Waals surface area contributed by atoms with Gasteiger partial charge >= 0.3 is 0 Å². The van der Waals surface area contributed by atoms with Crippen molar-refractivity contribution in [2.24, 2.45) is 0 Å². The van der Waals surface area contributed by atoms with Crippen LogP contribution in [0.3, 0.4) is 0 Å². The first-order valence-electron chi connectivity index (χ1n) is 6.62. The fraction of sp³-hybridized carbons (Fsp3) is 0.0588. The SMILES string of the molecule is CN(c1ccccc1)c1oc2cc(Cl)ccc2c(=O)c1C=O. The highest BCUT2D eigenvalue weighted by molar-refractivity contribution is 6.31. The predicted molar refractivity (Wildman–Crippen MR) is 87.4 cm³/mol. The first-order valence-corrected chi connectivity index (χ1v) is 7.00. The van der Waals surface area contributed by atoms with E-state index in [0.717, 1.165) is 5.69 Å². The Balaban J connectivity index is 2.28. The quantitative estimate of drug-likeness (QED) is 0.685. The van der Waals surface area contributed by atoms with Crippen LogP contribution >= 0.6 is 11.6 Å². The number of fused-ring (bicyclic) bond motifs is 1. The van der Waals surface area contributed by atoms with E-state index in [9.17, 15) is 9.59 Å². The zero-order valence-electron chi connectivity index (χ0n) is 11.7. The molecule has 0 spiro atoms. The van der Waals surface area contributed by atoms with Gasteiger partial charge < -0.3 is 9.32 Å². The number of halogens is 1. The Bertz CT molecular complexity index is 903. The van der Waals surface area contributed by atoms with E-state index in [2.05, 4.69) is 0 Å². The van der Waals surface area contributed by atoms with E-state index in [-0.39, 0.29) is 16.9 Å². The maximum absolute atomic E-state index is 12.5. The lowest BCUT2D eigenvalue weighted by atomic mass is 10.1. The van der Waals surface area contributed by atoms with Gasteiger partial charge in [0.25, 0.3) is 0 Å². The zero-order chi connectivity index (χ0) is 15.7. The normalized spacial score (nSPS) is 10.6. The van der Waals surface area contributed by atoms with Crippen LogP contribution < -0.4 is 10.3 Å². The smallest absolute Gasteiger partial charge is 0.214 e. The third kappa shape index (κ3) is 2.38. The number of hydrogen-bond donors (Lipinski definition) is 0. The fourth-order valence-electron chi connectivity index (χ4n) is 2.29. The molecule has 110 valence electrons. The molecule has 0 aliphatic heterocycles. The molecule has 0 aliphatic rings. The van der Waals surface area contributed by atoms with Crippen molar-refractivity contribution < 1.29 is 9.21 Å². The standard InChI is InChI=1S/C17H12ClNO3/c1-19(12-5-3-2-4-6-12)17-14(10-20)16(21)13-8-7-11(18)9-15(13)22-17/h2-10H,1H3. The van der Waals surface area contributed by atoms with Gasteiger partial charge in [-0.3, -0.25) is 9.59 Å². The molecular weight excluding hydrogens is 302 g/mol. The van der Waals surface area contributed by atoms with Crippen LogP contribution in [-0.2, 0) is 0 Å². The van der Waals surface area contributed by atoms with Crippen LogP contribution in [-0.4, -0.2) is 13.3 Å². The maximum Gasteiger partial charge on any atom is 0.214 e. The van der Waals surface area contributed by atoms with E-state index in [1.54, 1.807) is 30.1 Å². The van der Waals surface area contributed by atoms with Gasteiger partial charge in [0.2, 0.25) is 11.3 Å². The van der Waals surface area contributed by atoms with Crippen molar-refractivity contribution in [3.8, 4) is 0 Å². The van der Waals surface area contributed by atoms with Crippen LogP contribution in [0.25, 0.3) is 11.0 Å². The topological polar surface area (TPSA) is 50.5 Å². The molecule has 0 unspecified atom stereocenters. The van der Waals surface area contributed by atoms with Crippen LogP contribution in [0.4, 0.5) is 11.6 Å². The third-order valence-electron chi connectivity index (χ3n) is 3.44. The molecule has 22 heavy (non-hydrogen) atoms. The summed E-state index contributed by atoms with van der Waals surface area (Å²) in [5.41, 5.74) is 0.767. The van der Waals surface area contributed by atoms with E-state index in [4.69, 9.17) is 16.0 Å². The molecule has 3 rings (SSSR count). The summed E-state index contributed by atoms with van der Waals surface area (Å²) in [6, 6.07) is 14.0. The molecule has 1 heterocycles. The van der Waals surface area contributed by atoms with Crippen molar-refractivity contribution >= 4 is 40.4 Å². The summed E-state index contributed by atoms with van der Waals surface area (Å²) in [6.07, 6.45) is 0.522. The van der Waals surface area contributed by atoms with Crippen LogP contribution in [0.2, 0.25) is 5.02 Å². The molecule has 3 aromatic rings. The summed E-state index contributed by atoms with van der Waals surface area (Å²) in [5, 5.41) is 0.791. The number of para-hydroxylation sites is 1. The second-order valence-electron chi connectivity index (χ2n) is 4.80. The number of benzene rings is 2. The molecular formula is C17H12ClNO3. The third-order valence-corrected chi connectivity index (χ3v) is 3.67. The number of anilines is 2. The molecule has 0 saturated carbocycles. The highest BCUT2D eigenvalue weighted by Crippen LogP contribution is 2.28. The second-order valence-corrected chi connectivity index (χ2v) is 5.24. The van der Waals surface area contributed by atoms with Crippen LogP contribution in [0, 0.1) is 0 Å². The Morgan fingerprint density at radius 2 is 1.86 bits per heavy atom. The Morgan fingerprint density at radius 1 is 1.14 bits per heavy atom. The minimum absolute atomic E-state index is 0.0128. The van der Waals surface area contributed by atoms with Gasteiger partial charge in [0.15, 0.2) is 6.29 Å². The molecule has 0 radical (unpaired) electrons. The van der Waals surface area contributed by atoms with Crippen molar-refractivity contribution in [3.63, 3.8) is 0 Å². The van der Waals surface area contributed by atoms with Crippen molar-refractivity contribution in [1.29, 1.82) is 0 Å². The van der Waals surface area contributed by atoms with Gasteiger partial charge in [0.05, 0.1) is 5.39 Å². The number of aldehydes is 1. The first kappa shape index (κ1) is 14.4. The van der Waals surface area contributed by atoms with E-state index in [1.807, 2.05) is 30.3 Å². The summed E-state index contributed by atoms with van der Waals surface area (Å²) >= 11 is 5.95. The van der Waals surface area contributed by atoms with Gasteiger partial charge in [-0.15, -0.1) is 0 Å². The number of carbonyl (C=O) groups excluding carboxylic acids is 1. The molecule has 0 N–H and O–H groups in total. The summed E-state index contributed by atoms with van der Waals surface area (Å²) in [6.45, 7) is 0. The minimum Gasteiger partial charge on any atom is -0.439 e. The Labute approximate surface area is 131 Å². The first-order chi connectivity index (χ1) is 10.6. The molecule has 0 saturated heterocycles. The molecule has 0 fully saturated rings. The molecule has 1 aromatic heterocycles. The lowest BCUT2D eigenvalue weighted by Gasteiger charge is -2.19. The Morgan fingerprint density at radius 3 is 2.55 bits per heavy atom. The van der Waals surface area contributed by atoms with Gasteiger partial charge in [0, 0.05) is 23.8 Å². The van der Waals surface area contributed by atoms with E-state index >= 15 is 0 Å². The monoisotopic (exact) mass is 313 g/mol. The van der Waals surface area contributed by atoms with Gasteiger partial charge in [-0.1, -0.05) is 29.8 Å². The Hall–Kier alpha value is -2.59. The Kier molecular flexibility index (Phi) is 3.69. The summed E-state index contributed by atoms with van der Waals surface area (Å²) < 4.78 is 5.77. The molecule has 2 aromatic carbocycles. The van der Waals surface area contributed by atoms with E-state index in [1.165, 1.54) is 0 Å². The lowest BCUT2D eigenvalue weighted by Crippen LogP contribution is -2.18. The number of hydrogen-bond acceptors (Lipinski definition) is 4. The average Bonchev–Trinajstić information content (AvgIpc) is 2.54. The minimum atomic E-state index is -0.370. The summed E-state index contributed by atoms with van der Waals surface area (Å²) in [7, 11) is 1.73. The van der Waals surface area contributed by atoms with Gasteiger partial charge in [-0.2, -0.15) is 0 Å². The maximum atomic E-state index is 12.5. The molecule has 0 bridgehead atoms. The zero-order valence-corrected chi connectivity index (χ0v) is 12.5. The molecule has 0 aliphatic carbocycles. The fourth-order valence-corrected chi connectivity index (χ4v) is 2.45. The molecule has 4 nitrogen and oxygen atoms in total. The van der Waals surface area contributed by atoms with Crippen molar-refractivity contribution in [1.82, 2.24) is 0 Å². The van der Waals surface area contributed by atoms with Crippen molar-refractivity contribution in [3.05, 3.63) is 69.3 Å². The number of carbonyl (C=O) groups is 1. The van der Waals surface area contributed by atoms with Gasteiger partial charge in [0.1, 0.15) is 11.1 Å². The summed E-state index contributed by atoms with van der Waals surface area (Å²) in [4.78, 5) is 25.5. The van der Waals surface area contributed by atoms with Crippen LogP contribution in [0.1, 0.15) is 10.4 Å². The average molecular weight is 314 g/mol. The van der Waals surface area contributed by atoms with Crippen molar-refractivity contribution in [2.45, 2.75) is 0 Å². The highest BCUT2D eigenvalue weighted by Gasteiger charge is 2.18. The molecule has 0 amide bonds. The predicted octanol–water partition coefficient (Wildman–Crippen LogP) is 4.03.